The van der Waals surface area contributed by atoms with Crippen molar-refractivity contribution in [2.45, 2.75) is 6.10 Å². The van der Waals surface area contributed by atoms with Crippen molar-refractivity contribution in [1.29, 1.82) is 0 Å². The van der Waals surface area contributed by atoms with Gasteiger partial charge < -0.3 is 24.8 Å². The van der Waals surface area contributed by atoms with Crippen LogP contribution < -0.4 is 15.2 Å². The molecule has 5 heteroatoms. The van der Waals surface area contributed by atoms with Gasteiger partial charge in [0.05, 0.1) is 25.8 Å². The number of benzene rings is 1. The number of nitrogens with two attached hydrogens (primary N) is 1. The number of likely N-dealkylation sites (N-methyl/N-ethyl adjacent to an activating group) is 1. The van der Waals surface area contributed by atoms with Crippen LogP contribution in [-0.2, 0) is 4.74 Å². The van der Waals surface area contributed by atoms with Crippen LogP contribution in [0.1, 0.15) is 5.56 Å². The third kappa shape index (κ3) is 4.64. The molecule has 0 radical (unpaired) electrons. The topological polar surface area (TPSA) is 57.0 Å². The summed E-state index contributed by atoms with van der Waals surface area (Å²) in [5.41, 5.74) is 6.21. The van der Waals surface area contributed by atoms with Crippen molar-refractivity contribution >= 4 is 0 Å². The van der Waals surface area contributed by atoms with E-state index in [4.69, 9.17) is 19.9 Å². The van der Waals surface area contributed by atoms with Gasteiger partial charge in [-0.1, -0.05) is 11.8 Å². The highest BCUT2D eigenvalue weighted by molar-refractivity contribution is 5.50. The zero-order chi connectivity index (χ0) is 15.1. The molecule has 1 atom stereocenters. The molecule has 1 aromatic carbocycles. The molecular weight excluding hydrogens is 268 g/mol. The molecule has 0 aliphatic carbocycles. The van der Waals surface area contributed by atoms with Crippen LogP contribution in [-0.4, -0.2) is 58.0 Å². The van der Waals surface area contributed by atoms with Crippen LogP contribution in [0, 0.1) is 11.8 Å². The van der Waals surface area contributed by atoms with Gasteiger partial charge in [-0.15, -0.1) is 0 Å². The van der Waals surface area contributed by atoms with E-state index >= 15 is 0 Å². The van der Waals surface area contributed by atoms with Crippen LogP contribution >= 0.6 is 0 Å². The summed E-state index contributed by atoms with van der Waals surface area (Å²) in [6.07, 6.45) is 0.0844. The summed E-state index contributed by atoms with van der Waals surface area (Å²) >= 11 is 0. The van der Waals surface area contributed by atoms with Crippen molar-refractivity contribution in [2.75, 3.05) is 47.0 Å². The van der Waals surface area contributed by atoms with Gasteiger partial charge in [-0.3, -0.25) is 0 Å². The quantitative estimate of drug-likeness (QED) is 0.828. The Hall–Kier alpha value is -1.74. The van der Waals surface area contributed by atoms with Gasteiger partial charge in [0, 0.05) is 13.1 Å². The largest absolute Gasteiger partial charge is 0.497 e. The molecule has 114 valence electrons. The molecule has 1 fully saturated rings. The Morgan fingerprint density at radius 3 is 3.05 bits per heavy atom. The molecule has 1 aliphatic rings. The first kappa shape index (κ1) is 15.6. The van der Waals surface area contributed by atoms with Crippen LogP contribution in [0.25, 0.3) is 0 Å². The fraction of sp³-hybridized carbons (Fsp3) is 0.500. The Morgan fingerprint density at radius 2 is 2.33 bits per heavy atom. The minimum Gasteiger partial charge on any atom is -0.497 e. The van der Waals surface area contributed by atoms with Gasteiger partial charge in [-0.2, -0.15) is 0 Å². The van der Waals surface area contributed by atoms with Crippen LogP contribution in [0.4, 0.5) is 0 Å². The number of hydrogen-bond acceptors (Lipinski definition) is 5. The fourth-order valence-electron chi connectivity index (χ4n) is 2.16. The van der Waals surface area contributed by atoms with Gasteiger partial charge in [0.15, 0.2) is 0 Å². The SMILES string of the molecule is COc1ccc(OCC2CN(C)CCO2)c(C#CCN)c1. The highest BCUT2D eigenvalue weighted by Crippen LogP contribution is 2.24. The summed E-state index contributed by atoms with van der Waals surface area (Å²) in [6.45, 7) is 3.40. The lowest BCUT2D eigenvalue weighted by molar-refractivity contribution is -0.0403. The predicted molar refractivity (Wildman–Crippen MR) is 81.7 cm³/mol. The van der Waals surface area contributed by atoms with Crippen LogP contribution in [0.2, 0.25) is 0 Å². The molecular formula is C16H22N2O3. The highest BCUT2D eigenvalue weighted by Gasteiger charge is 2.18. The van der Waals surface area contributed by atoms with E-state index in [1.807, 2.05) is 18.2 Å². The molecule has 21 heavy (non-hydrogen) atoms. The van der Waals surface area contributed by atoms with Crippen molar-refractivity contribution in [3.63, 3.8) is 0 Å². The number of methoxy groups -OCH3 is 1. The summed E-state index contributed by atoms with van der Waals surface area (Å²) in [5.74, 6) is 7.33. The van der Waals surface area contributed by atoms with Crippen molar-refractivity contribution in [3.8, 4) is 23.3 Å². The first-order valence-corrected chi connectivity index (χ1v) is 7.03. The van der Waals surface area contributed by atoms with Crippen LogP contribution in [0.15, 0.2) is 18.2 Å². The van der Waals surface area contributed by atoms with Gasteiger partial charge in [-0.25, -0.2) is 0 Å². The van der Waals surface area contributed by atoms with Crippen LogP contribution in [0.5, 0.6) is 11.5 Å². The molecule has 0 aromatic heterocycles. The Labute approximate surface area is 126 Å². The molecule has 5 nitrogen and oxygen atoms in total. The molecule has 1 aliphatic heterocycles. The molecule has 0 spiro atoms. The Bertz CT molecular complexity index is 522. The van der Waals surface area contributed by atoms with Gasteiger partial charge in [0.25, 0.3) is 0 Å². The molecule has 1 heterocycles. The van der Waals surface area contributed by atoms with E-state index in [1.54, 1.807) is 7.11 Å². The van der Waals surface area contributed by atoms with E-state index in [-0.39, 0.29) is 6.10 Å². The normalized spacial score (nSPS) is 18.7. The monoisotopic (exact) mass is 290 g/mol. The third-order valence-corrected chi connectivity index (χ3v) is 3.28. The summed E-state index contributed by atoms with van der Waals surface area (Å²) in [5, 5.41) is 0. The Kier molecular flexibility index (Phi) is 5.88. The molecule has 2 rings (SSSR count). The second kappa shape index (κ2) is 7.89. The number of ether oxygens (including phenoxy) is 3. The van der Waals surface area contributed by atoms with Gasteiger partial charge >= 0.3 is 0 Å². The van der Waals surface area contributed by atoms with Crippen molar-refractivity contribution < 1.29 is 14.2 Å². The smallest absolute Gasteiger partial charge is 0.135 e. The van der Waals surface area contributed by atoms with Gasteiger partial charge in [0.1, 0.15) is 24.2 Å². The zero-order valence-corrected chi connectivity index (χ0v) is 12.6. The van der Waals surface area contributed by atoms with Crippen LogP contribution in [0.3, 0.4) is 0 Å². The fourth-order valence-corrected chi connectivity index (χ4v) is 2.16. The van der Waals surface area contributed by atoms with Crippen molar-refractivity contribution in [3.05, 3.63) is 23.8 Å². The third-order valence-electron chi connectivity index (χ3n) is 3.28. The van der Waals surface area contributed by atoms with E-state index in [1.165, 1.54) is 0 Å². The summed E-state index contributed by atoms with van der Waals surface area (Å²) in [6, 6.07) is 5.58. The molecule has 1 aromatic rings. The first-order valence-electron chi connectivity index (χ1n) is 7.03. The number of morpholine rings is 1. The molecule has 0 amide bonds. The maximum Gasteiger partial charge on any atom is 0.135 e. The number of hydrogen-bond donors (Lipinski definition) is 1. The van der Waals surface area contributed by atoms with E-state index < -0.39 is 0 Å². The van der Waals surface area contributed by atoms with Gasteiger partial charge in [0.2, 0.25) is 0 Å². The van der Waals surface area contributed by atoms with Crippen molar-refractivity contribution in [1.82, 2.24) is 4.90 Å². The summed E-state index contributed by atoms with van der Waals surface area (Å²) < 4.78 is 16.8. The maximum atomic E-state index is 5.87. The number of nitrogens with zero attached hydrogens (tertiary/aromatic N) is 1. The summed E-state index contributed by atoms with van der Waals surface area (Å²) in [7, 11) is 3.71. The predicted octanol–water partition coefficient (Wildman–Crippen LogP) is 0.715. The van der Waals surface area contributed by atoms with E-state index in [0.29, 0.717) is 13.2 Å². The van der Waals surface area contributed by atoms with E-state index in [9.17, 15) is 0 Å². The minimum atomic E-state index is 0.0844. The van der Waals surface area contributed by atoms with E-state index in [0.717, 1.165) is 36.8 Å². The molecule has 0 saturated carbocycles. The molecule has 1 saturated heterocycles. The minimum absolute atomic E-state index is 0.0844. The average Bonchev–Trinajstić information content (AvgIpc) is 2.51. The molecule has 0 bridgehead atoms. The second-order valence-electron chi connectivity index (χ2n) is 4.93. The average molecular weight is 290 g/mol. The van der Waals surface area contributed by atoms with Gasteiger partial charge in [-0.05, 0) is 25.2 Å². The summed E-state index contributed by atoms with van der Waals surface area (Å²) in [4.78, 5) is 2.24. The highest BCUT2D eigenvalue weighted by atomic mass is 16.5. The second-order valence-corrected chi connectivity index (χ2v) is 4.93. The Morgan fingerprint density at radius 1 is 1.48 bits per heavy atom. The Balaban J connectivity index is 2.04. The van der Waals surface area contributed by atoms with Crippen molar-refractivity contribution in [2.24, 2.45) is 5.73 Å². The lowest BCUT2D eigenvalue weighted by Gasteiger charge is -2.29. The standard InChI is InChI=1S/C16H22N2O3/c1-18-8-9-20-15(11-18)12-21-16-6-5-14(19-2)10-13(16)4-3-7-17/h5-6,10,15H,7-9,11-12,17H2,1-2H3. The molecule has 2 N–H and O–H groups in total. The zero-order valence-electron chi connectivity index (χ0n) is 12.6. The number of rotatable bonds is 4. The van der Waals surface area contributed by atoms with E-state index in [2.05, 4.69) is 23.8 Å². The maximum absolute atomic E-state index is 5.87. The molecule has 1 unspecified atom stereocenters. The lowest BCUT2D eigenvalue weighted by Crippen LogP contribution is -2.42. The first-order chi connectivity index (χ1) is 10.2. The lowest BCUT2D eigenvalue weighted by atomic mass is 10.2.